The third kappa shape index (κ3) is 2.77. The molecule has 0 radical (unpaired) electrons. The highest BCUT2D eigenvalue weighted by Crippen LogP contribution is 2.18. The van der Waals surface area contributed by atoms with Gasteiger partial charge in [0.1, 0.15) is 0 Å². The van der Waals surface area contributed by atoms with Gasteiger partial charge >= 0.3 is 5.91 Å². The van der Waals surface area contributed by atoms with Gasteiger partial charge in [0.25, 0.3) is 0 Å². The monoisotopic (exact) mass is 362 g/mol. The van der Waals surface area contributed by atoms with Crippen molar-refractivity contribution in [2.45, 2.75) is 6.54 Å². The van der Waals surface area contributed by atoms with Crippen molar-refractivity contribution in [2.24, 2.45) is 4.99 Å². The standard InChI is InChI=1S/C15H11BrN2O2S/c1-2-9-18-10-5-3-4-6-12(10)21-15(18)17-14(19)11-7-8-13(16)20-11/h2-8H,1,9H2. The quantitative estimate of drug-likeness (QED) is 0.661. The van der Waals surface area contributed by atoms with Crippen LogP contribution in [0.25, 0.3) is 10.2 Å². The molecule has 0 aliphatic carbocycles. The van der Waals surface area contributed by atoms with Gasteiger partial charge in [0.2, 0.25) is 0 Å². The Morgan fingerprint density at radius 3 is 2.90 bits per heavy atom. The topological polar surface area (TPSA) is 47.5 Å². The van der Waals surface area contributed by atoms with Crippen molar-refractivity contribution in [2.75, 3.05) is 0 Å². The predicted molar refractivity (Wildman–Crippen MR) is 86.3 cm³/mol. The summed E-state index contributed by atoms with van der Waals surface area (Å²) >= 11 is 4.64. The highest BCUT2D eigenvalue weighted by molar-refractivity contribution is 9.10. The van der Waals surface area contributed by atoms with Crippen molar-refractivity contribution in [3.8, 4) is 0 Å². The van der Waals surface area contributed by atoms with Gasteiger partial charge < -0.3 is 8.98 Å². The molecular formula is C15H11BrN2O2S. The van der Waals surface area contributed by atoms with E-state index in [0.29, 0.717) is 16.0 Å². The predicted octanol–water partition coefficient (Wildman–Crippen LogP) is 3.99. The number of halogens is 1. The zero-order valence-electron chi connectivity index (χ0n) is 11.0. The Morgan fingerprint density at radius 1 is 1.38 bits per heavy atom. The van der Waals surface area contributed by atoms with E-state index in [0.717, 1.165) is 10.2 Å². The van der Waals surface area contributed by atoms with Gasteiger partial charge in [-0.2, -0.15) is 4.99 Å². The first-order valence-corrected chi connectivity index (χ1v) is 7.83. The molecule has 0 atom stereocenters. The van der Waals surface area contributed by atoms with E-state index in [2.05, 4.69) is 27.5 Å². The lowest BCUT2D eigenvalue weighted by Gasteiger charge is -1.99. The smallest absolute Gasteiger partial charge is 0.315 e. The summed E-state index contributed by atoms with van der Waals surface area (Å²) in [5.41, 5.74) is 1.04. The van der Waals surface area contributed by atoms with Crippen molar-refractivity contribution in [1.29, 1.82) is 0 Å². The zero-order chi connectivity index (χ0) is 14.8. The molecule has 0 N–H and O–H groups in total. The van der Waals surface area contributed by atoms with Gasteiger partial charge in [-0.1, -0.05) is 29.5 Å². The number of carbonyl (C=O) groups is 1. The molecule has 2 aromatic heterocycles. The van der Waals surface area contributed by atoms with Crippen molar-refractivity contribution in [3.63, 3.8) is 0 Å². The number of aromatic nitrogens is 1. The second kappa shape index (κ2) is 5.83. The average Bonchev–Trinajstić information content (AvgIpc) is 3.04. The van der Waals surface area contributed by atoms with Gasteiger partial charge in [-0.25, -0.2) is 0 Å². The Labute approximate surface area is 133 Å². The second-order valence-corrected chi connectivity index (χ2v) is 6.06. The number of nitrogens with zero attached hydrogens (tertiary/aromatic N) is 2. The minimum absolute atomic E-state index is 0.212. The summed E-state index contributed by atoms with van der Waals surface area (Å²) in [7, 11) is 0. The second-order valence-electron chi connectivity index (χ2n) is 4.27. The number of thiazole rings is 1. The molecule has 3 rings (SSSR count). The summed E-state index contributed by atoms with van der Waals surface area (Å²) in [6.45, 7) is 4.35. The van der Waals surface area contributed by atoms with Crippen molar-refractivity contribution in [1.82, 2.24) is 4.57 Å². The fourth-order valence-electron chi connectivity index (χ4n) is 1.98. The van der Waals surface area contributed by atoms with Crippen LogP contribution in [0.3, 0.4) is 0 Å². The van der Waals surface area contributed by atoms with Gasteiger partial charge in [-0.15, -0.1) is 6.58 Å². The van der Waals surface area contributed by atoms with E-state index in [4.69, 9.17) is 4.42 Å². The first kappa shape index (κ1) is 14.0. The van der Waals surface area contributed by atoms with Crippen LogP contribution in [-0.2, 0) is 6.54 Å². The number of hydrogen-bond donors (Lipinski definition) is 0. The molecule has 6 heteroatoms. The fraction of sp³-hybridized carbons (Fsp3) is 0.0667. The molecule has 3 aromatic rings. The molecule has 2 heterocycles. The van der Waals surface area contributed by atoms with Crippen molar-refractivity contribution in [3.05, 3.63) is 64.3 Å². The van der Waals surface area contributed by atoms with E-state index < -0.39 is 5.91 Å². The van der Waals surface area contributed by atoms with Gasteiger partial charge in [-0.05, 0) is 40.2 Å². The van der Waals surface area contributed by atoms with E-state index in [1.165, 1.54) is 11.3 Å². The summed E-state index contributed by atoms with van der Waals surface area (Å²) in [5.74, 6) is -0.186. The van der Waals surface area contributed by atoms with Gasteiger partial charge in [0.05, 0.1) is 10.2 Å². The number of benzene rings is 1. The van der Waals surface area contributed by atoms with Crippen LogP contribution in [0.2, 0.25) is 0 Å². The lowest BCUT2D eigenvalue weighted by molar-refractivity contribution is 0.0970. The Hall–Kier alpha value is -1.92. The molecular weight excluding hydrogens is 352 g/mol. The summed E-state index contributed by atoms with van der Waals surface area (Å²) < 4.78 is 8.79. The first-order valence-electron chi connectivity index (χ1n) is 6.22. The number of furan rings is 1. The van der Waals surface area contributed by atoms with Crippen LogP contribution in [0.15, 0.2) is 63.1 Å². The molecule has 0 saturated heterocycles. The maximum Gasteiger partial charge on any atom is 0.315 e. The van der Waals surface area contributed by atoms with Crippen LogP contribution in [0.4, 0.5) is 0 Å². The average molecular weight is 363 g/mol. The third-order valence-electron chi connectivity index (χ3n) is 2.88. The van der Waals surface area contributed by atoms with E-state index in [1.54, 1.807) is 18.2 Å². The van der Waals surface area contributed by atoms with Gasteiger partial charge in [-0.3, -0.25) is 4.79 Å². The van der Waals surface area contributed by atoms with Crippen LogP contribution >= 0.6 is 27.3 Å². The van der Waals surface area contributed by atoms with E-state index >= 15 is 0 Å². The molecule has 0 aliphatic heterocycles. The molecule has 0 fully saturated rings. The molecule has 1 amide bonds. The van der Waals surface area contributed by atoms with E-state index in [-0.39, 0.29) is 5.76 Å². The number of carbonyl (C=O) groups excluding carboxylic acids is 1. The number of rotatable bonds is 3. The summed E-state index contributed by atoms with van der Waals surface area (Å²) in [6.07, 6.45) is 1.78. The molecule has 0 bridgehead atoms. The van der Waals surface area contributed by atoms with E-state index in [1.807, 2.05) is 28.8 Å². The Morgan fingerprint density at radius 2 is 2.19 bits per heavy atom. The van der Waals surface area contributed by atoms with Crippen LogP contribution in [0.1, 0.15) is 10.6 Å². The SMILES string of the molecule is C=CCn1c(=NC(=O)c2ccc(Br)o2)sc2ccccc21. The summed E-state index contributed by atoms with van der Waals surface area (Å²) in [5, 5.41) is 0. The highest BCUT2D eigenvalue weighted by atomic mass is 79.9. The Balaban J connectivity index is 2.14. The number of para-hydroxylation sites is 1. The first-order chi connectivity index (χ1) is 10.2. The van der Waals surface area contributed by atoms with Crippen molar-refractivity contribution >= 4 is 43.4 Å². The molecule has 4 nitrogen and oxygen atoms in total. The number of fused-ring (bicyclic) bond motifs is 1. The van der Waals surface area contributed by atoms with Gasteiger partial charge in [0.15, 0.2) is 15.2 Å². The molecule has 0 unspecified atom stereocenters. The highest BCUT2D eigenvalue weighted by Gasteiger charge is 2.11. The lowest BCUT2D eigenvalue weighted by Crippen LogP contribution is -2.16. The normalized spacial score (nSPS) is 12.0. The molecule has 106 valence electrons. The summed E-state index contributed by atoms with van der Waals surface area (Å²) in [4.78, 5) is 17.0. The molecule has 21 heavy (non-hydrogen) atoms. The molecule has 0 aliphatic rings. The zero-order valence-corrected chi connectivity index (χ0v) is 13.4. The van der Waals surface area contributed by atoms with Gasteiger partial charge in [0, 0.05) is 6.54 Å². The van der Waals surface area contributed by atoms with Crippen LogP contribution in [0, 0.1) is 0 Å². The largest absolute Gasteiger partial charge is 0.444 e. The Kier molecular flexibility index (Phi) is 3.90. The van der Waals surface area contributed by atoms with E-state index in [9.17, 15) is 4.79 Å². The lowest BCUT2D eigenvalue weighted by atomic mass is 10.3. The van der Waals surface area contributed by atoms with Crippen molar-refractivity contribution < 1.29 is 9.21 Å². The maximum atomic E-state index is 12.1. The third-order valence-corrected chi connectivity index (χ3v) is 4.37. The molecule has 1 aromatic carbocycles. The summed E-state index contributed by atoms with van der Waals surface area (Å²) in [6, 6.07) is 11.2. The van der Waals surface area contributed by atoms with Crippen LogP contribution in [-0.4, -0.2) is 10.5 Å². The minimum atomic E-state index is -0.398. The Bertz CT molecular complexity index is 888. The number of allylic oxidation sites excluding steroid dienone is 1. The number of amides is 1. The van der Waals surface area contributed by atoms with Crippen LogP contribution < -0.4 is 4.80 Å². The molecule has 0 spiro atoms. The minimum Gasteiger partial charge on any atom is -0.444 e. The maximum absolute atomic E-state index is 12.1. The van der Waals surface area contributed by atoms with Crippen LogP contribution in [0.5, 0.6) is 0 Å². The fourth-order valence-corrected chi connectivity index (χ4v) is 3.33. The number of hydrogen-bond acceptors (Lipinski definition) is 3. The molecule has 0 saturated carbocycles.